The number of halogens is 1. The van der Waals surface area contributed by atoms with E-state index in [0.717, 1.165) is 32.4 Å². The summed E-state index contributed by atoms with van der Waals surface area (Å²) in [6, 6.07) is 6.14. The van der Waals surface area contributed by atoms with Crippen molar-refractivity contribution in [3.8, 4) is 5.75 Å². The lowest BCUT2D eigenvalue weighted by molar-refractivity contribution is -0.126. The Balaban J connectivity index is 1.42. The zero-order chi connectivity index (χ0) is 16.8. The van der Waals surface area contributed by atoms with Gasteiger partial charge in [0.25, 0.3) is 0 Å². The Hall–Kier alpha value is -1.66. The number of carbonyl (C=O) groups is 1. The molecule has 2 saturated heterocycles. The first-order valence-electron chi connectivity index (χ1n) is 8.69. The molecule has 0 aliphatic carbocycles. The van der Waals surface area contributed by atoms with Crippen molar-refractivity contribution in [2.24, 2.45) is 11.8 Å². The second-order valence-corrected chi connectivity index (χ2v) is 6.61. The molecule has 0 spiro atoms. The lowest BCUT2D eigenvalue weighted by Crippen LogP contribution is -2.46. The van der Waals surface area contributed by atoms with Crippen LogP contribution in [0.1, 0.15) is 19.3 Å². The summed E-state index contributed by atoms with van der Waals surface area (Å²) in [7, 11) is 0. The molecule has 3 atom stereocenters. The molecule has 2 aliphatic rings. The van der Waals surface area contributed by atoms with Crippen LogP contribution in [-0.2, 0) is 9.53 Å². The monoisotopic (exact) mass is 336 g/mol. The van der Waals surface area contributed by atoms with E-state index >= 15 is 0 Å². The molecule has 2 heterocycles. The summed E-state index contributed by atoms with van der Waals surface area (Å²) < 4.78 is 24.3. The van der Waals surface area contributed by atoms with Crippen molar-refractivity contribution < 1.29 is 18.7 Å². The Morgan fingerprint density at radius 3 is 3.12 bits per heavy atom. The largest absolute Gasteiger partial charge is 0.493 e. The van der Waals surface area contributed by atoms with Gasteiger partial charge in [-0.3, -0.25) is 4.79 Å². The molecule has 1 unspecified atom stereocenters. The average Bonchev–Trinajstić information content (AvgIpc) is 3.12. The van der Waals surface area contributed by atoms with Crippen LogP contribution in [-0.4, -0.2) is 44.9 Å². The van der Waals surface area contributed by atoms with Crippen LogP contribution in [0.3, 0.4) is 0 Å². The smallest absolute Gasteiger partial charge is 0.224 e. The van der Waals surface area contributed by atoms with E-state index in [1.165, 1.54) is 12.1 Å². The normalized spacial score (nSPS) is 27.0. The molecule has 2 fully saturated rings. The Morgan fingerprint density at radius 1 is 1.42 bits per heavy atom. The topological polar surface area (TPSA) is 59.6 Å². The fraction of sp³-hybridized carbons (Fsp3) is 0.611. The summed E-state index contributed by atoms with van der Waals surface area (Å²) in [5.41, 5.74) is 0. The van der Waals surface area contributed by atoms with Crippen molar-refractivity contribution in [3.63, 3.8) is 0 Å². The first-order chi connectivity index (χ1) is 11.7. The van der Waals surface area contributed by atoms with Crippen molar-refractivity contribution >= 4 is 5.91 Å². The lowest BCUT2D eigenvalue weighted by Gasteiger charge is -2.29. The third kappa shape index (κ3) is 4.92. The number of carbonyl (C=O) groups excluding carboxylic acids is 1. The van der Waals surface area contributed by atoms with E-state index in [9.17, 15) is 9.18 Å². The Bertz CT molecular complexity index is 549. The highest BCUT2D eigenvalue weighted by Gasteiger charge is 2.28. The van der Waals surface area contributed by atoms with E-state index < -0.39 is 0 Å². The van der Waals surface area contributed by atoms with E-state index in [0.29, 0.717) is 25.4 Å². The van der Waals surface area contributed by atoms with Gasteiger partial charge in [-0.2, -0.15) is 0 Å². The van der Waals surface area contributed by atoms with E-state index in [1.807, 2.05) is 0 Å². The molecule has 5 nitrogen and oxygen atoms in total. The third-order valence-electron chi connectivity index (χ3n) is 4.62. The quantitative estimate of drug-likeness (QED) is 0.831. The highest BCUT2D eigenvalue weighted by Crippen LogP contribution is 2.20. The maximum Gasteiger partial charge on any atom is 0.224 e. The molecule has 0 aromatic heterocycles. The van der Waals surface area contributed by atoms with Crippen LogP contribution >= 0.6 is 0 Å². The fourth-order valence-electron chi connectivity index (χ4n) is 3.29. The second-order valence-electron chi connectivity index (χ2n) is 6.61. The van der Waals surface area contributed by atoms with Crippen LogP contribution in [0, 0.1) is 17.7 Å². The maximum absolute atomic E-state index is 13.2. The van der Waals surface area contributed by atoms with Gasteiger partial charge in [-0.1, -0.05) is 6.07 Å². The summed E-state index contributed by atoms with van der Waals surface area (Å²) in [6.45, 7) is 3.37. The van der Waals surface area contributed by atoms with Gasteiger partial charge in [-0.25, -0.2) is 4.39 Å². The Morgan fingerprint density at radius 2 is 2.33 bits per heavy atom. The van der Waals surface area contributed by atoms with Gasteiger partial charge in [0, 0.05) is 38.2 Å². The molecule has 2 N–H and O–H groups in total. The molecule has 1 amide bonds. The molecule has 2 aliphatic heterocycles. The first-order valence-corrected chi connectivity index (χ1v) is 8.69. The van der Waals surface area contributed by atoms with Gasteiger partial charge in [0.1, 0.15) is 11.6 Å². The SMILES string of the molecule is O=C(NCC1CCCO1)[C@H]1CNC[C@@H](COc2cccc(F)c2)C1. The lowest BCUT2D eigenvalue weighted by atomic mass is 9.90. The van der Waals surface area contributed by atoms with Gasteiger partial charge >= 0.3 is 0 Å². The number of hydrogen-bond donors (Lipinski definition) is 2. The molecule has 6 heteroatoms. The van der Waals surface area contributed by atoms with E-state index in [-0.39, 0.29) is 29.7 Å². The minimum atomic E-state index is -0.305. The summed E-state index contributed by atoms with van der Waals surface area (Å²) in [4.78, 5) is 12.3. The predicted octanol–water partition coefficient (Wildman–Crippen LogP) is 1.73. The Kier molecular flexibility index (Phi) is 6.04. The van der Waals surface area contributed by atoms with Gasteiger partial charge < -0.3 is 20.1 Å². The van der Waals surface area contributed by atoms with Crippen molar-refractivity contribution in [1.82, 2.24) is 10.6 Å². The molecule has 3 rings (SSSR count). The molecule has 0 saturated carbocycles. The van der Waals surface area contributed by atoms with Gasteiger partial charge in [-0.15, -0.1) is 0 Å². The highest BCUT2D eigenvalue weighted by atomic mass is 19.1. The molecule has 24 heavy (non-hydrogen) atoms. The van der Waals surface area contributed by atoms with Crippen LogP contribution in [0.25, 0.3) is 0 Å². The summed E-state index contributed by atoms with van der Waals surface area (Å²) in [6.07, 6.45) is 3.04. The summed E-state index contributed by atoms with van der Waals surface area (Å²) >= 11 is 0. The van der Waals surface area contributed by atoms with Crippen molar-refractivity contribution in [2.75, 3.05) is 32.8 Å². The van der Waals surface area contributed by atoms with Crippen LogP contribution in [0.2, 0.25) is 0 Å². The van der Waals surface area contributed by atoms with E-state index in [1.54, 1.807) is 12.1 Å². The molecule has 0 radical (unpaired) electrons. The fourth-order valence-corrected chi connectivity index (χ4v) is 3.29. The Labute approximate surface area is 141 Å². The van der Waals surface area contributed by atoms with E-state index in [2.05, 4.69) is 10.6 Å². The van der Waals surface area contributed by atoms with Crippen molar-refractivity contribution in [2.45, 2.75) is 25.4 Å². The first kappa shape index (κ1) is 17.2. The van der Waals surface area contributed by atoms with Crippen LogP contribution in [0.4, 0.5) is 4.39 Å². The number of benzene rings is 1. The highest BCUT2D eigenvalue weighted by molar-refractivity contribution is 5.79. The van der Waals surface area contributed by atoms with Crippen LogP contribution in [0.5, 0.6) is 5.75 Å². The second kappa shape index (κ2) is 8.44. The number of rotatable bonds is 6. The molecule has 0 bridgehead atoms. The number of hydrogen-bond acceptors (Lipinski definition) is 4. The molecule has 1 aromatic carbocycles. The summed E-state index contributed by atoms with van der Waals surface area (Å²) in [5.74, 6) is 0.482. The predicted molar refractivity (Wildman–Crippen MR) is 88.3 cm³/mol. The van der Waals surface area contributed by atoms with Crippen LogP contribution in [0.15, 0.2) is 24.3 Å². The van der Waals surface area contributed by atoms with Crippen LogP contribution < -0.4 is 15.4 Å². The number of nitrogens with one attached hydrogen (secondary N) is 2. The standard InChI is InChI=1S/C18H25FN2O3/c19-15-3-1-4-16(8-15)24-12-13-7-14(10-20-9-13)18(22)21-11-17-5-2-6-23-17/h1,3-4,8,13-14,17,20H,2,5-7,9-12H2,(H,21,22)/t13-,14+,17?/m0/s1. The zero-order valence-electron chi connectivity index (χ0n) is 13.8. The van der Waals surface area contributed by atoms with Gasteiger partial charge in [0.15, 0.2) is 0 Å². The summed E-state index contributed by atoms with van der Waals surface area (Å²) in [5, 5.41) is 6.30. The minimum Gasteiger partial charge on any atom is -0.493 e. The van der Waals surface area contributed by atoms with Crippen molar-refractivity contribution in [1.29, 1.82) is 0 Å². The number of piperidine rings is 1. The molecular formula is C18H25FN2O3. The number of amides is 1. The van der Waals surface area contributed by atoms with E-state index in [4.69, 9.17) is 9.47 Å². The van der Waals surface area contributed by atoms with Gasteiger partial charge in [-0.05, 0) is 31.4 Å². The number of ether oxygens (including phenoxy) is 2. The van der Waals surface area contributed by atoms with Gasteiger partial charge in [0.2, 0.25) is 5.91 Å². The van der Waals surface area contributed by atoms with Crippen molar-refractivity contribution in [3.05, 3.63) is 30.1 Å². The minimum absolute atomic E-state index is 0.0544. The molecule has 1 aromatic rings. The maximum atomic E-state index is 13.2. The molecule has 132 valence electrons. The average molecular weight is 336 g/mol. The van der Waals surface area contributed by atoms with Gasteiger partial charge in [0.05, 0.1) is 18.6 Å². The third-order valence-corrected chi connectivity index (χ3v) is 4.62. The molecular weight excluding hydrogens is 311 g/mol. The zero-order valence-corrected chi connectivity index (χ0v) is 13.8.